The Labute approximate surface area is 102 Å². The quantitative estimate of drug-likeness (QED) is 0.773. The summed E-state index contributed by atoms with van der Waals surface area (Å²) in [5.74, 6) is 0.349. The molecule has 1 N–H and O–H groups in total. The van der Waals surface area contributed by atoms with Crippen LogP contribution in [0.2, 0.25) is 0 Å². The minimum absolute atomic E-state index is 0.329. The van der Waals surface area contributed by atoms with E-state index in [1.54, 1.807) is 13.0 Å². The van der Waals surface area contributed by atoms with Gasteiger partial charge in [-0.2, -0.15) is 0 Å². The molecule has 0 saturated carbocycles. The second-order valence-electron chi connectivity index (χ2n) is 3.39. The zero-order valence-corrected chi connectivity index (χ0v) is 10.6. The van der Waals surface area contributed by atoms with Crippen LogP contribution in [0.3, 0.4) is 0 Å². The van der Waals surface area contributed by atoms with Crippen molar-refractivity contribution >= 4 is 11.7 Å². The summed E-state index contributed by atoms with van der Waals surface area (Å²) in [6.07, 6.45) is 0. The standard InChI is InChI=1S/C13H19NO3/c1-4-14-12-8-7-10(16-5-2)9-11(12)13(15)17-6-3/h7-9,14H,4-6H2,1-3H3. The molecule has 0 bridgehead atoms. The van der Waals surface area contributed by atoms with Gasteiger partial charge in [0.25, 0.3) is 0 Å². The molecule has 1 aromatic carbocycles. The second kappa shape index (κ2) is 6.78. The van der Waals surface area contributed by atoms with E-state index in [2.05, 4.69) is 5.32 Å². The van der Waals surface area contributed by atoms with Gasteiger partial charge in [-0.05, 0) is 39.0 Å². The third-order valence-corrected chi connectivity index (χ3v) is 2.16. The molecule has 4 heteroatoms. The summed E-state index contributed by atoms with van der Waals surface area (Å²) in [6, 6.07) is 5.38. The zero-order chi connectivity index (χ0) is 12.7. The molecule has 94 valence electrons. The van der Waals surface area contributed by atoms with Crippen molar-refractivity contribution in [3.63, 3.8) is 0 Å². The van der Waals surface area contributed by atoms with E-state index in [0.29, 0.717) is 24.5 Å². The highest BCUT2D eigenvalue weighted by Crippen LogP contribution is 2.23. The van der Waals surface area contributed by atoms with E-state index in [9.17, 15) is 4.79 Å². The van der Waals surface area contributed by atoms with Crippen molar-refractivity contribution in [3.05, 3.63) is 23.8 Å². The van der Waals surface area contributed by atoms with Crippen LogP contribution in [-0.2, 0) is 4.74 Å². The molecule has 0 aliphatic heterocycles. The number of carbonyl (C=O) groups is 1. The van der Waals surface area contributed by atoms with E-state index in [1.165, 1.54) is 0 Å². The minimum atomic E-state index is -0.329. The Kier molecular flexibility index (Phi) is 5.33. The lowest BCUT2D eigenvalue weighted by atomic mass is 10.1. The van der Waals surface area contributed by atoms with Crippen molar-refractivity contribution in [3.8, 4) is 5.75 Å². The lowest BCUT2D eigenvalue weighted by Gasteiger charge is -2.12. The monoisotopic (exact) mass is 237 g/mol. The van der Waals surface area contributed by atoms with Gasteiger partial charge in [-0.25, -0.2) is 4.79 Å². The Morgan fingerprint density at radius 2 is 2.00 bits per heavy atom. The number of carbonyl (C=O) groups excluding carboxylic acids is 1. The number of nitrogens with one attached hydrogen (secondary N) is 1. The normalized spacial score (nSPS) is 9.82. The summed E-state index contributed by atoms with van der Waals surface area (Å²) in [7, 11) is 0. The number of benzene rings is 1. The molecule has 0 heterocycles. The first-order valence-electron chi connectivity index (χ1n) is 5.90. The van der Waals surface area contributed by atoms with Crippen LogP contribution in [0.15, 0.2) is 18.2 Å². The van der Waals surface area contributed by atoms with Gasteiger partial charge in [-0.3, -0.25) is 0 Å². The van der Waals surface area contributed by atoms with E-state index in [1.807, 2.05) is 26.0 Å². The van der Waals surface area contributed by atoms with Crippen molar-refractivity contribution in [1.29, 1.82) is 0 Å². The maximum atomic E-state index is 11.8. The van der Waals surface area contributed by atoms with Crippen molar-refractivity contribution in [2.24, 2.45) is 0 Å². The van der Waals surface area contributed by atoms with Gasteiger partial charge in [-0.1, -0.05) is 0 Å². The summed E-state index contributed by atoms with van der Waals surface area (Å²) >= 11 is 0. The van der Waals surface area contributed by atoms with E-state index < -0.39 is 0 Å². The topological polar surface area (TPSA) is 47.6 Å². The maximum absolute atomic E-state index is 11.8. The van der Waals surface area contributed by atoms with Crippen LogP contribution in [-0.4, -0.2) is 25.7 Å². The van der Waals surface area contributed by atoms with Crippen molar-refractivity contribution in [2.45, 2.75) is 20.8 Å². The van der Waals surface area contributed by atoms with E-state index in [-0.39, 0.29) is 5.97 Å². The number of anilines is 1. The molecule has 0 fully saturated rings. The van der Waals surface area contributed by atoms with E-state index in [4.69, 9.17) is 9.47 Å². The highest BCUT2D eigenvalue weighted by Gasteiger charge is 2.13. The summed E-state index contributed by atoms with van der Waals surface area (Å²) in [6.45, 7) is 7.36. The molecule has 0 aromatic heterocycles. The number of hydrogen-bond donors (Lipinski definition) is 1. The molecule has 1 rings (SSSR count). The second-order valence-corrected chi connectivity index (χ2v) is 3.39. The summed E-state index contributed by atoms with van der Waals surface area (Å²) < 4.78 is 10.4. The number of esters is 1. The average molecular weight is 237 g/mol. The number of rotatable bonds is 6. The molecule has 0 aliphatic carbocycles. The van der Waals surface area contributed by atoms with E-state index in [0.717, 1.165) is 12.2 Å². The Hall–Kier alpha value is -1.71. The molecular weight excluding hydrogens is 218 g/mol. The van der Waals surface area contributed by atoms with Gasteiger partial charge in [0.05, 0.1) is 18.8 Å². The highest BCUT2D eigenvalue weighted by molar-refractivity contribution is 5.96. The summed E-state index contributed by atoms with van der Waals surface area (Å²) in [4.78, 5) is 11.8. The minimum Gasteiger partial charge on any atom is -0.494 e. The smallest absolute Gasteiger partial charge is 0.340 e. The molecule has 17 heavy (non-hydrogen) atoms. The van der Waals surface area contributed by atoms with Crippen LogP contribution in [0.5, 0.6) is 5.75 Å². The van der Waals surface area contributed by atoms with Crippen LogP contribution >= 0.6 is 0 Å². The molecule has 1 aromatic rings. The molecular formula is C13H19NO3. The van der Waals surface area contributed by atoms with Gasteiger partial charge in [0, 0.05) is 12.2 Å². The molecule has 0 unspecified atom stereocenters. The first kappa shape index (κ1) is 13.4. The predicted octanol–water partition coefficient (Wildman–Crippen LogP) is 2.69. The van der Waals surface area contributed by atoms with E-state index >= 15 is 0 Å². The maximum Gasteiger partial charge on any atom is 0.340 e. The van der Waals surface area contributed by atoms with Gasteiger partial charge in [0.15, 0.2) is 0 Å². The molecule has 0 saturated heterocycles. The van der Waals surface area contributed by atoms with Gasteiger partial charge in [0.1, 0.15) is 5.75 Å². The lowest BCUT2D eigenvalue weighted by molar-refractivity contribution is 0.0527. The molecule has 0 aliphatic rings. The number of ether oxygens (including phenoxy) is 2. The predicted molar refractivity (Wildman–Crippen MR) is 67.7 cm³/mol. The number of hydrogen-bond acceptors (Lipinski definition) is 4. The highest BCUT2D eigenvalue weighted by atomic mass is 16.5. The third kappa shape index (κ3) is 3.66. The summed E-state index contributed by atoms with van der Waals surface area (Å²) in [5, 5.41) is 3.13. The van der Waals surface area contributed by atoms with Crippen LogP contribution in [0, 0.1) is 0 Å². The molecule has 0 radical (unpaired) electrons. The Morgan fingerprint density at radius 3 is 2.59 bits per heavy atom. The molecule has 4 nitrogen and oxygen atoms in total. The van der Waals surface area contributed by atoms with Crippen molar-refractivity contribution in [1.82, 2.24) is 0 Å². The summed E-state index contributed by atoms with van der Waals surface area (Å²) in [5.41, 5.74) is 1.29. The fourth-order valence-electron chi connectivity index (χ4n) is 1.50. The molecule has 0 amide bonds. The largest absolute Gasteiger partial charge is 0.494 e. The van der Waals surface area contributed by atoms with Crippen LogP contribution in [0.25, 0.3) is 0 Å². The first-order valence-corrected chi connectivity index (χ1v) is 5.90. The third-order valence-electron chi connectivity index (χ3n) is 2.16. The zero-order valence-electron chi connectivity index (χ0n) is 10.6. The Balaban J connectivity index is 3.01. The Bertz CT molecular complexity index is 377. The van der Waals surface area contributed by atoms with Crippen molar-refractivity contribution < 1.29 is 14.3 Å². The fraction of sp³-hybridized carbons (Fsp3) is 0.462. The van der Waals surface area contributed by atoms with Crippen LogP contribution < -0.4 is 10.1 Å². The average Bonchev–Trinajstić information content (AvgIpc) is 2.32. The van der Waals surface area contributed by atoms with Gasteiger partial charge >= 0.3 is 5.97 Å². The SMILES string of the molecule is CCNc1ccc(OCC)cc1C(=O)OCC. The molecule has 0 spiro atoms. The van der Waals surface area contributed by atoms with Crippen LogP contribution in [0.1, 0.15) is 31.1 Å². The van der Waals surface area contributed by atoms with Gasteiger partial charge in [0.2, 0.25) is 0 Å². The first-order chi connectivity index (χ1) is 8.22. The van der Waals surface area contributed by atoms with Gasteiger partial charge < -0.3 is 14.8 Å². The fourth-order valence-corrected chi connectivity index (χ4v) is 1.50. The lowest BCUT2D eigenvalue weighted by Crippen LogP contribution is -2.10. The van der Waals surface area contributed by atoms with Crippen LogP contribution in [0.4, 0.5) is 5.69 Å². The van der Waals surface area contributed by atoms with Crippen molar-refractivity contribution in [2.75, 3.05) is 25.1 Å². The van der Waals surface area contributed by atoms with Gasteiger partial charge in [-0.15, -0.1) is 0 Å². The Morgan fingerprint density at radius 1 is 1.24 bits per heavy atom. The molecule has 0 atom stereocenters.